The summed E-state index contributed by atoms with van der Waals surface area (Å²) in [6.07, 6.45) is 2.85. The molecular weight excluding hydrogens is 243 g/mol. The fourth-order valence-corrected chi connectivity index (χ4v) is 2.76. The lowest BCUT2D eigenvalue weighted by atomic mass is 10.2. The molecule has 0 nitrogen and oxygen atoms in total. The van der Waals surface area contributed by atoms with E-state index >= 15 is 0 Å². The molecule has 1 aromatic rings. The largest absolute Gasteiger partial charge is 0.137 e. The van der Waals surface area contributed by atoms with Gasteiger partial charge in [0, 0.05) is 0 Å². The smallest absolute Gasteiger partial charge is 0.0688 e. The van der Waals surface area contributed by atoms with Crippen LogP contribution in [0.4, 0.5) is 0 Å². The van der Waals surface area contributed by atoms with E-state index < -0.39 is 0 Å². The van der Waals surface area contributed by atoms with E-state index in [1.807, 2.05) is 11.3 Å². The third-order valence-electron chi connectivity index (χ3n) is 1.66. The number of halogens is 1. The summed E-state index contributed by atoms with van der Waals surface area (Å²) in [5, 5.41) is 2.19. The SMILES string of the molecule is Ic1sccc1C1CC1. The highest BCUT2D eigenvalue weighted by Gasteiger charge is 2.25. The maximum atomic E-state index is 2.43. The molecule has 0 spiro atoms. The van der Waals surface area contributed by atoms with Gasteiger partial charge >= 0.3 is 0 Å². The molecule has 0 atom stereocenters. The van der Waals surface area contributed by atoms with Crippen LogP contribution in [0.15, 0.2) is 11.4 Å². The van der Waals surface area contributed by atoms with E-state index in [0.29, 0.717) is 0 Å². The molecule has 0 amide bonds. The van der Waals surface area contributed by atoms with Gasteiger partial charge in [0.1, 0.15) is 0 Å². The van der Waals surface area contributed by atoms with Crippen LogP contribution in [-0.2, 0) is 0 Å². The van der Waals surface area contributed by atoms with Crippen LogP contribution in [-0.4, -0.2) is 0 Å². The highest BCUT2D eigenvalue weighted by atomic mass is 127. The molecule has 0 aliphatic heterocycles. The first-order valence-corrected chi connectivity index (χ1v) is 5.06. The number of rotatable bonds is 1. The van der Waals surface area contributed by atoms with Crippen LogP contribution in [0, 0.1) is 2.88 Å². The van der Waals surface area contributed by atoms with E-state index in [0.717, 1.165) is 5.92 Å². The van der Waals surface area contributed by atoms with Gasteiger partial charge in [-0.1, -0.05) is 0 Å². The van der Waals surface area contributed by atoms with E-state index in [-0.39, 0.29) is 0 Å². The first-order valence-electron chi connectivity index (χ1n) is 3.11. The molecule has 2 rings (SSSR count). The molecule has 0 radical (unpaired) electrons. The third-order valence-corrected chi connectivity index (χ3v) is 3.76. The minimum Gasteiger partial charge on any atom is -0.137 e. The van der Waals surface area contributed by atoms with Crippen LogP contribution >= 0.6 is 33.9 Å². The minimum atomic E-state index is 0.933. The number of thiophene rings is 1. The predicted molar refractivity (Wildman–Crippen MR) is 49.0 cm³/mol. The van der Waals surface area contributed by atoms with Gasteiger partial charge in [0.15, 0.2) is 0 Å². The van der Waals surface area contributed by atoms with Crippen molar-refractivity contribution >= 4 is 33.9 Å². The molecule has 48 valence electrons. The molecule has 0 aromatic carbocycles. The van der Waals surface area contributed by atoms with Gasteiger partial charge in [-0.15, -0.1) is 11.3 Å². The predicted octanol–water partition coefficient (Wildman–Crippen LogP) is 3.23. The molecular formula is C7H7IS. The van der Waals surface area contributed by atoms with Gasteiger partial charge in [-0.2, -0.15) is 0 Å². The monoisotopic (exact) mass is 250 g/mol. The molecule has 1 aliphatic carbocycles. The van der Waals surface area contributed by atoms with Gasteiger partial charge in [-0.25, -0.2) is 0 Å². The van der Waals surface area contributed by atoms with Gasteiger partial charge in [0.2, 0.25) is 0 Å². The number of hydrogen-bond donors (Lipinski definition) is 0. The van der Waals surface area contributed by atoms with Crippen molar-refractivity contribution < 1.29 is 0 Å². The quantitative estimate of drug-likeness (QED) is 0.671. The summed E-state index contributed by atoms with van der Waals surface area (Å²) in [7, 11) is 0. The summed E-state index contributed by atoms with van der Waals surface area (Å²) in [4.78, 5) is 0. The minimum absolute atomic E-state index is 0.933. The lowest BCUT2D eigenvalue weighted by Gasteiger charge is -1.89. The van der Waals surface area contributed by atoms with Crippen LogP contribution < -0.4 is 0 Å². The Balaban J connectivity index is 2.35. The van der Waals surface area contributed by atoms with Gasteiger partial charge in [0.25, 0.3) is 0 Å². The van der Waals surface area contributed by atoms with Crippen molar-refractivity contribution in [1.29, 1.82) is 0 Å². The Morgan fingerprint density at radius 3 is 2.78 bits per heavy atom. The van der Waals surface area contributed by atoms with E-state index in [9.17, 15) is 0 Å². The maximum Gasteiger partial charge on any atom is 0.0688 e. The zero-order valence-electron chi connectivity index (χ0n) is 4.93. The van der Waals surface area contributed by atoms with E-state index in [4.69, 9.17) is 0 Å². The second kappa shape index (κ2) is 2.23. The van der Waals surface area contributed by atoms with Crippen LogP contribution in [0.1, 0.15) is 24.3 Å². The van der Waals surface area contributed by atoms with Gasteiger partial charge in [-0.3, -0.25) is 0 Å². The molecule has 1 aliphatic rings. The average molecular weight is 250 g/mol. The first-order chi connectivity index (χ1) is 4.38. The van der Waals surface area contributed by atoms with Crippen molar-refractivity contribution in [1.82, 2.24) is 0 Å². The standard InChI is InChI=1S/C7H7IS/c8-7-6(3-4-9-7)5-1-2-5/h3-5H,1-2H2. The molecule has 2 heteroatoms. The lowest BCUT2D eigenvalue weighted by molar-refractivity contribution is 1.14. The Labute approximate surface area is 72.4 Å². The van der Waals surface area contributed by atoms with Gasteiger partial charge in [0.05, 0.1) is 2.88 Å². The van der Waals surface area contributed by atoms with Crippen molar-refractivity contribution in [2.75, 3.05) is 0 Å². The molecule has 0 saturated heterocycles. The zero-order chi connectivity index (χ0) is 6.27. The van der Waals surface area contributed by atoms with Crippen LogP contribution in [0.5, 0.6) is 0 Å². The zero-order valence-corrected chi connectivity index (χ0v) is 7.91. The normalized spacial score (nSPS) is 18.3. The fourth-order valence-electron chi connectivity index (χ4n) is 0.992. The molecule has 1 aromatic heterocycles. The lowest BCUT2D eigenvalue weighted by Crippen LogP contribution is -1.73. The molecule has 0 N–H and O–H groups in total. The molecule has 1 saturated carbocycles. The topological polar surface area (TPSA) is 0 Å². The van der Waals surface area contributed by atoms with Gasteiger partial charge in [-0.05, 0) is 58.4 Å². The molecule has 0 unspecified atom stereocenters. The van der Waals surface area contributed by atoms with Gasteiger partial charge < -0.3 is 0 Å². The second-order valence-corrected chi connectivity index (χ2v) is 5.15. The summed E-state index contributed by atoms with van der Waals surface area (Å²) in [5.74, 6) is 0.933. The fraction of sp³-hybridized carbons (Fsp3) is 0.429. The molecule has 0 bridgehead atoms. The molecule has 1 heterocycles. The highest BCUT2D eigenvalue weighted by Crippen LogP contribution is 2.43. The van der Waals surface area contributed by atoms with Crippen molar-refractivity contribution in [3.8, 4) is 0 Å². The Hall–Kier alpha value is 0.430. The van der Waals surface area contributed by atoms with Crippen molar-refractivity contribution in [2.24, 2.45) is 0 Å². The highest BCUT2D eigenvalue weighted by molar-refractivity contribution is 14.1. The number of hydrogen-bond acceptors (Lipinski definition) is 1. The van der Waals surface area contributed by atoms with Crippen LogP contribution in [0.3, 0.4) is 0 Å². The summed E-state index contributed by atoms with van der Waals surface area (Å²) in [6, 6.07) is 2.27. The summed E-state index contributed by atoms with van der Waals surface area (Å²) in [5.41, 5.74) is 1.60. The maximum absolute atomic E-state index is 2.43. The summed E-state index contributed by atoms with van der Waals surface area (Å²) >= 11 is 4.29. The first kappa shape index (κ1) is 6.16. The Morgan fingerprint density at radius 2 is 2.33 bits per heavy atom. The average Bonchev–Trinajstić information content (AvgIpc) is 2.58. The third kappa shape index (κ3) is 1.15. The van der Waals surface area contributed by atoms with E-state index in [1.54, 1.807) is 5.56 Å². The Bertz CT molecular complexity index is 212. The van der Waals surface area contributed by atoms with E-state index in [1.165, 1.54) is 15.7 Å². The Kier molecular flexibility index (Phi) is 1.53. The summed E-state index contributed by atoms with van der Waals surface area (Å²) < 4.78 is 1.50. The van der Waals surface area contributed by atoms with Crippen molar-refractivity contribution in [3.05, 3.63) is 19.9 Å². The second-order valence-electron chi connectivity index (χ2n) is 2.42. The summed E-state index contributed by atoms with van der Waals surface area (Å²) in [6.45, 7) is 0. The molecule has 9 heavy (non-hydrogen) atoms. The van der Waals surface area contributed by atoms with Crippen LogP contribution in [0.25, 0.3) is 0 Å². The molecule has 1 fully saturated rings. The van der Waals surface area contributed by atoms with E-state index in [2.05, 4.69) is 34.0 Å². The Morgan fingerprint density at radius 1 is 1.56 bits per heavy atom. The van der Waals surface area contributed by atoms with Crippen molar-refractivity contribution in [2.45, 2.75) is 18.8 Å². The van der Waals surface area contributed by atoms with Crippen molar-refractivity contribution in [3.63, 3.8) is 0 Å². The van der Waals surface area contributed by atoms with Crippen LogP contribution in [0.2, 0.25) is 0 Å².